The maximum Gasteiger partial charge on any atom is 0.261 e. The lowest BCUT2D eigenvalue weighted by atomic mass is 10.0. The second kappa shape index (κ2) is 12.2. The van der Waals surface area contributed by atoms with Gasteiger partial charge in [-0.2, -0.15) is 0 Å². The first-order chi connectivity index (χ1) is 15.9. The molecule has 0 aromatic heterocycles. The molecule has 0 aliphatic heterocycles. The van der Waals surface area contributed by atoms with Gasteiger partial charge in [0.1, 0.15) is 17.5 Å². The fraction of sp³-hybridized carbons (Fsp3) is 0.481. The smallest absolute Gasteiger partial charge is 0.261 e. The Balaban J connectivity index is 2.27. The summed E-state index contributed by atoms with van der Waals surface area (Å²) in [6, 6.07) is 12.7. The van der Waals surface area contributed by atoms with Crippen LogP contribution in [0.5, 0.6) is 11.5 Å². The highest BCUT2D eigenvalue weighted by Crippen LogP contribution is 2.29. The van der Waals surface area contributed by atoms with E-state index in [0.29, 0.717) is 23.8 Å². The molecule has 6 nitrogen and oxygen atoms in total. The summed E-state index contributed by atoms with van der Waals surface area (Å²) >= 11 is 3.54. The van der Waals surface area contributed by atoms with Crippen LogP contribution < -0.4 is 14.8 Å². The molecule has 2 aromatic rings. The van der Waals surface area contributed by atoms with Gasteiger partial charge >= 0.3 is 0 Å². The Bertz CT molecular complexity index is 985. The van der Waals surface area contributed by atoms with Crippen molar-refractivity contribution in [1.82, 2.24) is 10.2 Å². The highest BCUT2D eigenvalue weighted by atomic mass is 79.9. The van der Waals surface area contributed by atoms with Crippen LogP contribution in [0.3, 0.4) is 0 Å². The Kier molecular flexibility index (Phi) is 9.98. The van der Waals surface area contributed by atoms with E-state index in [9.17, 15) is 9.59 Å². The van der Waals surface area contributed by atoms with Crippen molar-refractivity contribution in [1.29, 1.82) is 0 Å². The molecule has 0 saturated carbocycles. The van der Waals surface area contributed by atoms with E-state index in [1.54, 1.807) is 12.0 Å². The molecule has 0 unspecified atom stereocenters. The number of hydrogen-bond donors (Lipinski definition) is 1. The molecule has 34 heavy (non-hydrogen) atoms. The van der Waals surface area contributed by atoms with Gasteiger partial charge in [-0.3, -0.25) is 9.59 Å². The van der Waals surface area contributed by atoms with Crippen molar-refractivity contribution in [2.75, 3.05) is 13.7 Å². The van der Waals surface area contributed by atoms with Crippen molar-refractivity contribution < 1.29 is 19.1 Å². The summed E-state index contributed by atoms with van der Waals surface area (Å²) in [6.07, 6.45) is 0.477. The predicted molar refractivity (Wildman–Crippen MR) is 139 cm³/mol. The van der Waals surface area contributed by atoms with Gasteiger partial charge < -0.3 is 19.7 Å². The van der Waals surface area contributed by atoms with Crippen LogP contribution in [0.1, 0.15) is 65.0 Å². The number of benzene rings is 2. The summed E-state index contributed by atoms with van der Waals surface area (Å²) in [5, 5.41) is 3.01. The minimum atomic E-state index is -0.631. The van der Waals surface area contributed by atoms with E-state index < -0.39 is 11.6 Å². The number of carbonyl (C=O) groups excluding carboxylic acids is 2. The second-order valence-corrected chi connectivity index (χ2v) is 10.5. The van der Waals surface area contributed by atoms with Crippen molar-refractivity contribution in [3.05, 3.63) is 58.1 Å². The van der Waals surface area contributed by atoms with Gasteiger partial charge in [-0.25, -0.2) is 0 Å². The zero-order chi connectivity index (χ0) is 25.5. The molecule has 0 radical (unpaired) electrons. The largest absolute Gasteiger partial charge is 0.497 e. The third-order valence-corrected chi connectivity index (χ3v) is 5.96. The minimum absolute atomic E-state index is 0.178. The normalized spacial score (nSPS) is 12.3. The quantitative estimate of drug-likeness (QED) is 0.427. The molecule has 0 spiro atoms. The Labute approximate surface area is 212 Å². The summed E-state index contributed by atoms with van der Waals surface area (Å²) in [6.45, 7) is 12.0. The van der Waals surface area contributed by atoms with Crippen molar-refractivity contribution in [3.63, 3.8) is 0 Å². The van der Waals surface area contributed by atoms with Crippen LogP contribution in [0.15, 0.2) is 46.9 Å². The lowest BCUT2D eigenvalue weighted by molar-refractivity contribution is -0.143. The number of nitrogens with one attached hydrogen (secondary N) is 1. The lowest BCUT2D eigenvalue weighted by Gasteiger charge is -2.33. The number of nitrogens with zero attached hydrogens (tertiary/aromatic N) is 1. The van der Waals surface area contributed by atoms with E-state index in [1.165, 1.54) is 5.56 Å². The third-order valence-electron chi connectivity index (χ3n) is 5.34. The summed E-state index contributed by atoms with van der Waals surface area (Å²) in [5.41, 5.74) is 1.64. The summed E-state index contributed by atoms with van der Waals surface area (Å²) < 4.78 is 12.0. The molecule has 2 aromatic carbocycles. The van der Waals surface area contributed by atoms with Gasteiger partial charge in [0, 0.05) is 12.1 Å². The fourth-order valence-corrected chi connectivity index (χ4v) is 4.07. The summed E-state index contributed by atoms with van der Waals surface area (Å²) in [7, 11) is 1.60. The van der Waals surface area contributed by atoms with E-state index in [2.05, 4.69) is 35.1 Å². The molecule has 0 aliphatic rings. The van der Waals surface area contributed by atoms with E-state index >= 15 is 0 Å². The maximum absolute atomic E-state index is 13.4. The van der Waals surface area contributed by atoms with Crippen molar-refractivity contribution in [2.24, 2.45) is 0 Å². The molecule has 186 valence electrons. The molecule has 0 heterocycles. The fourth-order valence-electron chi connectivity index (χ4n) is 3.56. The molecule has 0 saturated heterocycles. The van der Waals surface area contributed by atoms with Gasteiger partial charge in [-0.1, -0.05) is 39.0 Å². The van der Waals surface area contributed by atoms with Crippen LogP contribution in [-0.2, 0) is 16.1 Å². The number of methoxy groups -OCH3 is 1. The van der Waals surface area contributed by atoms with Crippen LogP contribution in [0, 0.1) is 0 Å². The van der Waals surface area contributed by atoms with Crippen LogP contribution in [0.2, 0.25) is 0 Å². The lowest BCUT2D eigenvalue weighted by Crippen LogP contribution is -2.54. The molecule has 2 amide bonds. The van der Waals surface area contributed by atoms with Crippen molar-refractivity contribution >= 4 is 27.7 Å². The van der Waals surface area contributed by atoms with Crippen LogP contribution >= 0.6 is 15.9 Å². The molecular weight excluding hydrogens is 496 g/mol. The number of hydrogen-bond acceptors (Lipinski definition) is 4. The van der Waals surface area contributed by atoms with Gasteiger partial charge in [0.2, 0.25) is 5.91 Å². The average Bonchev–Trinajstić information content (AvgIpc) is 2.76. The highest BCUT2D eigenvalue weighted by molar-refractivity contribution is 9.10. The number of halogens is 1. The zero-order valence-electron chi connectivity index (χ0n) is 21.3. The standard InChI is InChI=1S/C27H37BrN2O4/c1-8-23(26(32)29-27(4,5)6)30(16-19-10-9-11-21(14-19)33-7)25(31)17-34-24-13-12-20(18(2)3)15-22(24)28/h9-15,18,23H,8,16-17H2,1-7H3,(H,29,32)/t23-/m0/s1. The molecule has 0 aliphatic carbocycles. The van der Waals surface area contributed by atoms with E-state index in [4.69, 9.17) is 9.47 Å². The van der Waals surface area contributed by atoms with Crippen LogP contribution in [0.25, 0.3) is 0 Å². The van der Waals surface area contributed by atoms with Crippen LogP contribution in [-0.4, -0.2) is 42.0 Å². The predicted octanol–water partition coefficient (Wildman–Crippen LogP) is 5.68. The first-order valence-electron chi connectivity index (χ1n) is 11.6. The zero-order valence-corrected chi connectivity index (χ0v) is 22.9. The topological polar surface area (TPSA) is 67.9 Å². The number of amides is 2. The SMILES string of the molecule is CC[C@@H](C(=O)NC(C)(C)C)N(Cc1cccc(OC)c1)C(=O)COc1ccc(C(C)C)cc1Br. The van der Waals surface area contributed by atoms with E-state index in [0.717, 1.165) is 10.0 Å². The van der Waals surface area contributed by atoms with Gasteiger partial charge in [-0.05, 0) is 84.4 Å². The number of rotatable bonds is 10. The molecule has 7 heteroatoms. The van der Waals surface area contributed by atoms with Gasteiger partial charge in [0.15, 0.2) is 6.61 Å². The molecule has 1 atom stereocenters. The van der Waals surface area contributed by atoms with Crippen LogP contribution in [0.4, 0.5) is 0 Å². The Hall–Kier alpha value is -2.54. The Morgan fingerprint density at radius 2 is 1.82 bits per heavy atom. The molecule has 1 N–H and O–H groups in total. The van der Waals surface area contributed by atoms with E-state index in [-0.39, 0.29) is 25.0 Å². The molecule has 0 fully saturated rings. The molecular formula is C27H37BrN2O4. The Morgan fingerprint density at radius 3 is 2.38 bits per heavy atom. The highest BCUT2D eigenvalue weighted by Gasteiger charge is 2.31. The average molecular weight is 534 g/mol. The third kappa shape index (κ3) is 8.05. The number of ether oxygens (including phenoxy) is 2. The first-order valence-corrected chi connectivity index (χ1v) is 12.4. The molecule has 0 bridgehead atoms. The van der Waals surface area contributed by atoms with Crippen molar-refractivity contribution in [2.45, 2.75) is 72.0 Å². The second-order valence-electron chi connectivity index (χ2n) is 9.67. The number of carbonyl (C=O) groups is 2. The van der Waals surface area contributed by atoms with Crippen molar-refractivity contribution in [3.8, 4) is 11.5 Å². The van der Waals surface area contributed by atoms with Gasteiger partial charge in [0.05, 0.1) is 11.6 Å². The van der Waals surface area contributed by atoms with E-state index in [1.807, 2.05) is 70.2 Å². The summed E-state index contributed by atoms with van der Waals surface area (Å²) in [5.74, 6) is 1.22. The van der Waals surface area contributed by atoms with Gasteiger partial charge in [-0.15, -0.1) is 0 Å². The first kappa shape index (κ1) is 27.7. The Morgan fingerprint density at radius 1 is 1.12 bits per heavy atom. The minimum Gasteiger partial charge on any atom is -0.497 e. The maximum atomic E-state index is 13.4. The molecule has 2 rings (SSSR count). The monoisotopic (exact) mass is 532 g/mol. The summed E-state index contributed by atoms with van der Waals surface area (Å²) in [4.78, 5) is 28.1. The van der Waals surface area contributed by atoms with Gasteiger partial charge in [0.25, 0.3) is 5.91 Å².